The van der Waals surface area contributed by atoms with E-state index in [0.717, 1.165) is 15.4 Å². The van der Waals surface area contributed by atoms with Gasteiger partial charge in [0, 0.05) is 9.13 Å². The highest BCUT2D eigenvalue weighted by atomic mass is 127. The molecule has 2 heterocycles. The van der Waals surface area contributed by atoms with E-state index in [9.17, 15) is 0 Å². The lowest BCUT2D eigenvalue weighted by Gasteiger charge is -2.02. The highest BCUT2D eigenvalue weighted by Crippen LogP contribution is 2.33. The number of nitrogens with two attached hydrogens (primary N) is 1. The Balaban J connectivity index is 2.26. The topological polar surface area (TPSA) is 64.7 Å². The summed E-state index contributed by atoms with van der Waals surface area (Å²) < 4.78 is 1.19. The molecule has 0 bridgehead atoms. The third-order valence-corrected chi connectivity index (χ3v) is 4.32. The Kier molecular flexibility index (Phi) is 2.90. The van der Waals surface area contributed by atoms with Crippen molar-refractivity contribution < 1.29 is 0 Å². The zero-order chi connectivity index (χ0) is 12.7. The monoisotopic (exact) mass is 368 g/mol. The lowest BCUT2D eigenvalue weighted by Crippen LogP contribution is -1.91. The molecule has 0 unspecified atom stereocenters. The van der Waals surface area contributed by atoms with Crippen molar-refractivity contribution in [3.63, 3.8) is 0 Å². The minimum atomic E-state index is 0.436. The molecule has 0 fully saturated rings. The van der Waals surface area contributed by atoms with Crippen LogP contribution in [0.1, 0.15) is 5.56 Å². The number of benzene rings is 1. The van der Waals surface area contributed by atoms with Crippen LogP contribution in [-0.2, 0) is 0 Å². The maximum Gasteiger partial charge on any atom is 0.154 e. The lowest BCUT2D eigenvalue weighted by molar-refractivity contribution is 1.23. The van der Waals surface area contributed by atoms with Crippen LogP contribution < -0.4 is 5.73 Å². The first-order chi connectivity index (χ1) is 8.65. The van der Waals surface area contributed by atoms with Crippen molar-refractivity contribution in [3.05, 3.63) is 33.7 Å². The summed E-state index contributed by atoms with van der Waals surface area (Å²) in [7, 11) is 0. The van der Waals surface area contributed by atoms with Crippen molar-refractivity contribution in [3.8, 4) is 10.6 Å². The molecule has 2 N–H and O–H groups in total. The smallest absolute Gasteiger partial charge is 0.154 e. The maximum atomic E-state index is 5.81. The first-order valence-corrected chi connectivity index (χ1v) is 7.18. The van der Waals surface area contributed by atoms with Crippen LogP contribution in [0.15, 0.2) is 24.5 Å². The van der Waals surface area contributed by atoms with E-state index in [0.29, 0.717) is 11.3 Å². The van der Waals surface area contributed by atoms with E-state index < -0.39 is 0 Å². The number of hydrogen-bond acceptors (Lipinski definition) is 5. The van der Waals surface area contributed by atoms with E-state index in [1.54, 1.807) is 11.3 Å². The van der Waals surface area contributed by atoms with Gasteiger partial charge < -0.3 is 5.73 Å². The van der Waals surface area contributed by atoms with Gasteiger partial charge in [-0.2, -0.15) is 0 Å². The minimum Gasteiger partial charge on any atom is -0.382 e. The fourth-order valence-corrected chi connectivity index (χ4v) is 3.20. The average molecular weight is 368 g/mol. The average Bonchev–Trinajstić information content (AvgIpc) is 2.77. The largest absolute Gasteiger partial charge is 0.382 e. The van der Waals surface area contributed by atoms with E-state index >= 15 is 0 Å². The Hall–Kier alpha value is -1.28. The summed E-state index contributed by atoms with van der Waals surface area (Å²) in [4.78, 5) is 13.5. The molecule has 0 aliphatic carbocycles. The zero-order valence-corrected chi connectivity index (χ0v) is 12.5. The molecule has 6 heteroatoms. The Labute approximate surface area is 121 Å². The molecular weight excluding hydrogens is 359 g/mol. The van der Waals surface area contributed by atoms with Crippen LogP contribution in [0.2, 0.25) is 0 Å². The molecular formula is C12H9IN4S. The van der Waals surface area contributed by atoms with Gasteiger partial charge in [-0.15, -0.1) is 0 Å². The van der Waals surface area contributed by atoms with Crippen LogP contribution in [0.25, 0.3) is 20.9 Å². The predicted molar refractivity (Wildman–Crippen MR) is 82.5 cm³/mol. The van der Waals surface area contributed by atoms with Gasteiger partial charge in [0.05, 0.1) is 0 Å². The minimum absolute atomic E-state index is 0.436. The van der Waals surface area contributed by atoms with Gasteiger partial charge in [-0.3, -0.25) is 0 Å². The van der Waals surface area contributed by atoms with Crippen molar-refractivity contribution >= 4 is 50.1 Å². The SMILES string of the molecule is Cc1ccc(I)cc1-c1nc2c(N)ncnc2s1. The fourth-order valence-electron chi connectivity index (χ4n) is 1.71. The molecule has 4 nitrogen and oxygen atoms in total. The molecule has 18 heavy (non-hydrogen) atoms. The quantitative estimate of drug-likeness (QED) is 0.670. The molecule has 0 atom stereocenters. The molecule has 0 saturated heterocycles. The first kappa shape index (κ1) is 11.8. The predicted octanol–water partition coefficient (Wildman–Crippen LogP) is 3.25. The molecule has 0 spiro atoms. The number of fused-ring (bicyclic) bond motifs is 1. The summed E-state index contributed by atoms with van der Waals surface area (Å²) in [5.41, 5.74) is 8.82. The molecule has 3 rings (SSSR count). The number of nitrogen functional groups attached to an aromatic ring is 1. The summed E-state index contributed by atoms with van der Waals surface area (Å²) in [6.45, 7) is 2.08. The van der Waals surface area contributed by atoms with Crippen LogP contribution >= 0.6 is 33.9 Å². The number of anilines is 1. The summed E-state index contributed by atoms with van der Waals surface area (Å²) >= 11 is 3.84. The molecule has 0 radical (unpaired) electrons. The summed E-state index contributed by atoms with van der Waals surface area (Å²) in [6, 6.07) is 6.30. The molecule has 0 saturated carbocycles. The first-order valence-electron chi connectivity index (χ1n) is 5.28. The second kappa shape index (κ2) is 4.43. The number of aryl methyl sites for hydroxylation is 1. The Bertz CT molecular complexity index is 738. The van der Waals surface area contributed by atoms with Gasteiger partial charge in [0.2, 0.25) is 0 Å². The van der Waals surface area contributed by atoms with Crippen LogP contribution in [0.5, 0.6) is 0 Å². The highest BCUT2D eigenvalue weighted by molar-refractivity contribution is 14.1. The number of thiazole rings is 1. The molecule has 90 valence electrons. The molecule has 3 aromatic rings. The van der Waals surface area contributed by atoms with Crippen LogP contribution in [-0.4, -0.2) is 15.0 Å². The van der Waals surface area contributed by atoms with E-state index in [-0.39, 0.29) is 0 Å². The molecule has 1 aromatic carbocycles. The van der Waals surface area contributed by atoms with Crippen molar-refractivity contribution in [2.45, 2.75) is 6.92 Å². The Morgan fingerprint density at radius 3 is 2.89 bits per heavy atom. The standard InChI is InChI=1S/C12H9IN4S/c1-6-2-3-7(13)4-8(6)11-17-9-10(14)15-5-16-12(9)18-11/h2-5H,1H3,(H2,14,15,16). The lowest BCUT2D eigenvalue weighted by atomic mass is 10.1. The van der Waals surface area contributed by atoms with Gasteiger partial charge in [0.25, 0.3) is 0 Å². The Morgan fingerprint density at radius 2 is 2.11 bits per heavy atom. The second-order valence-electron chi connectivity index (χ2n) is 3.89. The molecule has 0 aliphatic heterocycles. The number of aromatic nitrogens is 3. The molecule has 0 amide bonds. The third-order valence-electron chi connectivity index (χ3n) is 2.65. The van der Waals surface area contributed by atoms with Crippen molar-refractivity contribution in [1.82, 2.24) is 15.0 Å². The number of rotatable bonds is 1. The highest BCUT2D eigenvalue weighted by Gasteiger charge is 2.12. The van der Waals surface area contributed by atoms with Crippen LogP contribution in [0, 0.1) is 10.5 Å². The summed E-state index contributed by atoms with van der Waals surface area (Å²) in [5, 5.41) is 0.938. The van der Waals surface area contributed by atoms with E-state index in [1.807, 2.05) is 0 Å². The Morgan fingerprint density at radius 1 is 1.28 bits per heavy atom. The van der Waals surface area contributed by atoms with E-state index in [4.69, 9.17) is 5.73 Å². The van der Waals surface area contributed by atoms with Gasteiger partial charge in [-0.1, -0.05) is 17.4 Å². The van der Waals surface area contributed by atoms with Gasteiger partial charge >= 0.3 is 0 Å². The van der Waals surface area contributed by atoms with Crippen LogP contribution in [0.3, 0.4) is 0 Å². The fraction of sp³-hybridized carbons (Fsp3) is 0.0833. The zero-order valence-electron chi connectivity index (χ0n) is 9.51. The van der Waals surface area contributed by atoms with Gasteiger partial charge in [-0.05, 0) is 47.2 Å². The second-order valence-corrected chi connectivity index (χ2v) is 6.11. The molecule has 0 aliphatic rings. The van der Waals surface area contributed by atoms with Crippen molar-refractivity contribution in [2.75, 3.05) is 5.73 Å². The third kappa shape index (κ3) is 1.95. The summed E-state index contributed by atoms with van der Waals surface area (Å²) in [5.74, 6) is 0.436. The summed E-state index contributed by atoms with van der Waals surface area (Å²) in [6.07, 6.45) is 1.47. The van der Waals surface area contributed by atoms with E-state index in [1.165, 1.54) is 15.5 Å². The van der Waals surface area contributed by atoms with Crippen molar-refractivity contribution in [2.24, 2.45) is 0 Å². The van der Waals surface area contributed by atoms with Gasteiger partial charge in [-0.25, -0.2) is 15.0 Å². The number of hydrogen-bond donors (Lipinski definition) is 1. The normalized spacial score (nSPS) is 11.0. The number of nitrogens with zero attached hydrogens (tertiary/aromatic N) is 3. The molecule has 2 aromatic heterocycles. The van der Waals surface area contributed by atoms with Crippen LogP contribution in [0.4, 0.5) is 5.82 Å². The van der Waals surface area contributed by atoms with Crippen molar-refractivity contribution in [1.29, 1.82) is 0 Å². The van der Waals surface area contributed by atoms with E-state index in [2.05, 4.69) is 62.7 Å². The number of halogens is 1. The van der Waals surface area contributed by atoms with Gasteiger partial charge in [0.1, 0.15) is 21.7 Å². The van der Waals surface area contributed by atoms with Gasteiger partial charge in [0.15, 0.2) is 5.82 Å². The maximum absolute atomic E-state index is 5.81.